The Kier molecular flexibility index (Phi) is 6.30. The summed E-state index contributed by atoms with van der Waals surface area (Å²) in [5.41, 5.74) is 2.04. The molecule has 0 unspecified atom stereocenters. The summed E-state index contributed by atoms with van der Waals surface area (Å²) in [6.45, 7) is 3.04. The molecule has 0 radical (unpaired) electrons. The molecule has 3 aromatic rings. The number of nitrogens with one attached hydrogen (secondary N) is 1. The van der Waals surface area contributed by atoms with Crippen molar-refractivity contribution in [1.82, 2.24) is 20.3 Å². The molecule has 0 bridgehead atoms. The maximum absolute atomic E-state index is 12.4. The van der Waals surface area contributed by atoms with Gasteiger partial charge in [-0.1, -0.05) is 36.4 Å². The van der Waals surface area contributed by atoms with Gasteiger partial charge in [0.1, 0.15) is 18.6 Å². The van der Waals surface area contributed by atoms with E-state index in [2.05, 4.69) is 20.3 Å². The summed E-state index contributed by atoms with van der Waals surface area (Å²) in [5.74, 6) is 0.526. The highest BCUT2D eigenvalue weighted by atomic mass is 16.5. The fraction of sp³-hybridized carbons (Fsp3) is 0.200. The Balaban J connectivity index is 1.60. The van der Waals surface area contributed by atoms with Crippen molar-refractivity contribution in [3.05, 3.63) is 77.9 Å². The summed E-state index contributed by atoms with van der Waals surface area (Å²) >= 11 is 0. The predicted octanol–water partition coefficient (Wildman–Crippen LogP) is 2.78. The van der Waals surface area contributed by atoms with E-state index >= 15 is 0 Å². The zero-order chi connectivity index (χ0) is 18.9. The Morgan fingerprint density at radius 2 is 1.89 bits per heavy atom. The van der Waals surface area contributed by atoms with Crippen LogP contribution in [0.25, 0.3) is 0 Å². The standard InChI is InChI=1S/C20H20N4O3/c1-2-26-20-16(9-6-10-21-20)12-22-19(25)17-11-18(24-14-23-17)27-13-15-7-4-3-5-8-15/h3-11,14H,2,12-13H2,1H3,(H,22,25). The smallest absolute Gasteiger partial charge is 0.270 e. The van der Waals surface area contributed by atoms with Gasteiger partial charge in [0.2, 0.25) is 11.8 Å². The molecule has 2 heterocycles. The lowest BCUT2D eigenvalue weighted by atomic mass is 10.2. The summed E-state index contributed by atoms with van der Waals surface area (Å²) < 4.78 is 11.1. The average Bonchev–Trinajstić information content (AvgIpc) is 2.72. The number of hydrogen-bond donors (Lipinski definition) is 1. The number of carbonyl (C=O) groups is 1. The second-order valence-corrected chi connectivity index (χ2v) is 5.60. The van der Waals surface area contributed by atoms with Gasteiger partial charge in [0.25, 0.3) is 5.91 Å². The number of rotatable bonds is 8. The number of amides is 1. The molecule has 1 N–H and O–H groups in total. The quantitative estimate of drug-likeness (QED) is 0.661. The topological polar surface area (TPSA) is 86.2 Å². The van der Waals surface area contributed by atoms with Crippen molar-refractivity contribution in [2.75, 3.05) is 6.61 Å². The highest BCUT2D eigenvalue weighted by molar-refractivity contribution is 5.92. The minimum absolute atomic E-state index is 0.231. The van der Waals surface area contributed by atoms with Crippen LogP contribution >= 0.6 is 0 Å². The number of nitrogens with zero attached hydrogens (tertiary/aromatic N) is 3. The van der Waals surface area contributed by atoms with Crippen LogP contribution in [0, 0.1) is 0 Å². The second-order valence-electron chi connectivity index (χ2n) is 5.60. The molecule has 7 heteroatoms. The van der Waals surface area contributed by atoms with E-state index in [1.165, 1.54) is 12.4 Å². The van der Waals surface area contributed by atoms with E-state index in [4.69, 9.17) is 9.47 Å². The van der Waals surface area contributed by atoms with E-state index in [0.717, 1.165) is 11.1 Å². The molecule has 3 rings (SSSR count). The highest BCUT2D eigenvalue weighted by Crippen LogP contribution is 2.14. The van der Waals surface area contributed by atoms with Crippen LogP contribution in [0.4, 0.5) is 0 Å². The first-order chi connectivity index (χ1) is 13.3. The van der Waals surface area contributed by atoms with E-state index in [9.17, 15) is 4.79 Å². The van der Waals surface area contributed by atoms with Gasteiger partial charge in [-0.05, 0) is 18.6 Å². The molecular formula is C20H20N4O3. The molecule has 1 aromatic carbocycles. The summed E-state index contributed by atoms with van der Waals surface area (Å²) in [6, 6.07) is 14.9. The van der Waals surface area contributed by atoms with Gasteiger partial charge in [0, 0.05) is 24.4 Å². The lowest BCUT2D eigenvalue weighted by Gasteiger charge is -2.10. The van der Waals surface area contributed by atoms with E-state index in [-0.39, 0.29) is 18.1 Å². The van der Waals surface area contributed by atoms with Crippen LogP contribution < -0.4 is 14.8 Å². The van der Waals surface area contributed by atoms with Gasteiger partial charge < -0.3 is 14.8 Å². The molecule has 1 amide bonds. The van der Waals surface area contributed by atoms with Crippen LogP contribution in [0.2, 0.25) is 0 Å². The summed E-state index contributed by atoms with van der Waals surface area (Å²) in [5, 5.41) is 2.81. The Hall–Kier alpha value is -3.48. The third-order valence-corrected chi connectivity index (χ3v) is 3.67. The highest BCUT2D eigenvalue weighted by Gasteiger charge is 2.11. The lowest BCUT2D eigenvalue weighted by molar-refractivity contribution is 0.0944. The van der Waals surface area contributed by atoms with Crippen LogP contribution in [0.15, 0.2) is 61.1 Å². The second kappa shape index (κ2) is 9.28. The first-order valence-electron chi connectivity index (χ1n) is 8.60. The van der Waals surface area contributed by atoms with Gasteiger partial charge in [-0.15, -0.1) is 0 Å². The molecule has 0 aliphatic carbocycles. The molecule has 0 spiro atoms. The first kappa shape index (κ1) is 18.3. The van der Waals surface area contributed by atoms with Gasteiger partial charge in [0.15, 0.2) is 0 Å². The number of pyridine rings is 1. The number of ether oxygens (including phenoxy) is 2. The Bertz CT molecular complexity index is 887. The molecule has 0 saturated heterocycles. The van der Waals surface area contributed by atoms with Crippen LogP contribution in [-0.2, 0) is 13.2 Å². The van der Waals surface area contributed by atoms with Crippen molar-refractivity contribution in [3.63, 3.8) is 0 Å². The van der Waals surface area contributed by atoms with Gasteiger partial charge in [-0.2, -0.15) is 0 Å². The minimum atomic E-state index is -0.326. The fourth-order valence-corrected chi connectivity index (χ4v) is 2.37. The number of hydrogen-bond acceptors (Lipinski definition) is 6. The van der Waals surface area contributed by atoms with Crippen LogP contribution in [0.1, 0.15) is 28.5 Å². The zero-order valence-corrected chi connectivity index (χ0v) is 15.0. The molecule has 0 aliphatic rings. The van der Waals surface area contributed by atoms with Crippen molar-refractivity contribution in [2.24, 2.45) is 0 Å². The average molecular weight is 364 g/mol. The third-order valence-electron chi connectivity index (χ3n) is 3.67. The Morgan fingerprint density at radius 3 is 2.70 bits per heavy atom. The summed E-state index contributed by atoms with van der Waals surface area (Å²) in [7, 11) is 0. The SMILES string of the molecule is CCOc1ncccc1CNC(=O)c1cc(OCc2ccccc2)ncn1. The molecule has 0 aliphatic heterocycles. The van der Waals surface area contributed by atoms with Crippen LogP contribution in [-0.4, -0.2) is 27.5 Å². The Morgan fingerprint density at radius 1 is 1.04 bits per heavy atom. The lowest BCUT2D eigenvalue weighted by Crippen LogP contribution is -2.24. The maximum Gasteiger partial charge on any atom is 0.270 e. The zero-order valence-electron chi connectivity index (χ0n) is 15.0. The van der Waals surface area contributed by atoms with Gasteiger partial charge in [-0.3, -0.25) is 4.79 Å². The van der Waals surface area contributed by atoms with E-state index in [0.29, 0.717) is 25.0 Å². The number of benzene rings is 1. The largest absolute Gasteiger partial charge is 0.478 e. The molecule has 138 valence electrons. The molecular weight excluding hydrogens is 344 g/mol. The molecule has 7 nitrogen and oxygen atoms in total. The minimum Gasteiger partial charge on any atom is -0.478 e. The normalized spacial score (nSPS) is 10.3. The summed E-state index contributed by atoms with van der Waals surface area (Å²) in [4.78, 5) is 24.6. The molecule has 0 saturated carbocycles. The number of carbonyl (C=O) groups excluding carboxylic acids is 1. The van der Waals surface area contributed by atoms with Crippen molar-refractivity contribution >= 4 is 5.91 Å². The van der Waals surface area contributed by atoms with Crippen LogP contribution in [0.5, 0.6) is 11.8 Å². The summed E-state index contributed by atoms with van der Waals surface area (Å²) in [6.07, 6.45) is 2.96. The Labute approximate surface area is 157 Å². The van der Waals surface area contributed by atoms with Crippen molar-refractivity contribution in [2.45, 2.75) is 20.1 Å². The maximum atomic E-state index is 12.4. The van der Waals surface area contributed by atoms with E-state index in [1.807, 2.05) is 43.3 Å². The third kappa shape index (κ3) is 5.24. The molecule has 0 fully saturated rings. The fourth-order valence-electron chi connectivity index (χ4n) is 2.37. The molecule has 2 aromatic heterocycles. The predicted molar refractivity (Wildman–Crippen MR) is 99.4 cm³/mol. The van der Waals surface area contributed by atoms with Gasteiger partial charge in [-0.25, -0.2) is 15.0 Å². The van der Waals surface area contributed by atoms with E-state index < -0.39 is 0 Å². The van der Waals surface area contributed by atoms with Gasteiger partial charge >= 0.3 is 0 Å². The van der Waals surface area contributed by atoms with Crippen molar-refractivity contribution in [3.8, 4) is 11.8 Å². The first-order valence-corrected chi connectivity index (χ1v) is 8.60. The van der Waals surface area contributed by atoms with E-state index in [1.54, 1.807) is 12.3 Å². The van der Waals surface area contributed by atoms with Crippen molar-refractivity contribution in [1.29, 1.82) is 0 Å². The molecule has 0 atom stereocenters. The molecule has 27 heavy (non-hydrogen) atoms. The van der Waals surface area contributed by atoms with Crippen LogP contribution in [0.3, 0.4) is 0 Å². The monoisotopic (exact) mass is 364 g/mol. The van der Waals surface area contributed by atoms with Crippen molar-refractivity contribution < 1.29 is 14.3 Å². The number of aromatic nitrogens is 3. The van der Waals surface area contributed by atoms with Gasteiger partial charge in [0.05, 0.1) is 6.61 Å².